The maximum Gasteiger partial charge on any atom is 0.182 e. The fourth-order valence-electron chi connectivity index (χ4n) is 2.89. The molecule has 0 saturated heterocycles. The predicted octanol–water partition coefficient (Wildman–Crippen LogP) is 3.02. The van der Waals surface area contributed by atoms with Crippen LogP contribution in [-0.4, -0.2) is 41.1 Å². The van der Waals surface area contributed by atoms with Gasteiger partial charge in [-0.3, -0.25) is 4.68 Å². The number of rotatable bonds is 5. The second-order valence-electron chi connectivity index (χ2n) is 6.67. The Labute approximate surface area is 161 Å². The van der Waals surface area contributed by atoms with Crippen molar-refractivity contribution in [1.82, 2.24) is 29.4 Å². The van der Waals surface area contributed by atoms with Gasteiger partial charge in [0.15, 0.2) is 11.5 Å². The summed E-state index contributed by atoms with van der Waals surface area (Å²) in [5.74, 6) is 0.768. The number of fused-ring (bicyclic) bond motifs is 1. The first-order valence-electron chi connectivity index (χ1n) is 8.65. The third-order valence-corrected chi connectivity index (χ3v) is 4.58. The lowest BCUT2D eigenvalue weighted by atomic mass is 10.1. The summed E-state index contributed by atoms with van der Waals surface area (Å²) in [4.78, 5) is 9.48. The van der Waals surface area contributed by atoms with Gasteiger partial charge in [0.2, 0.25) is 0 Å². The Hall–Kier alpha value is -2.77. The van der Waals surface area contributed by atoms with Crippen LogP contribution in [0.15, 0.2) is 42.9 Å². The SMILES string of the molecule is C[C@@H](CO)Cc1nc2c(-c3cnn(C)c3)nc(-c3ccc(Cl)cc3)cn2n1. The minimum atomic E-state index is 0.0907. The topological polar surface area (TPSA) is 81.1 Å². The van der Waals surface area contributed by atoms with Crippen molar-refractivity contribution in [3.8, 4) is 22.5 Å². The Kier molecular flexibility index (Phi) is 4.63. The Morgan fingerprint density at radius 3 is 2.56 bits per heavy atom. The van der Waals surface area contributed by atoms with Crippen LogP contribution in [0.5, 0.6) is 0 Å². The first-order valence-corrected chi connectivity index (χ1v) is 9.03. The van der Waals surface area contributed by atoms with Crippen molar-refractivity contribution in [2.24, 2.45) is 13.0 Å². The number of aromatic nitrogens is 6. The summed E-state index contributed by atoms with van der Waals surface area (Å²) in [7, 11) is 1.86. The second-order valence-corrected chi connectivity index (χ2v) is 7.11. The number of nitrogens with zero attached hydrogens (tertiary/aromatic N) is 6. The van der Waals surface area contributed by atoms with E-state index in [2.05, 4.69) is 15.2 Å². The standard InChI is InChI=1S/C19H19ClN6O/c1-12(11-27)7-17-23-19-18(14-8-21-25(2)9-14)22-16(10-26(19)24-17)13-3-5-15(20)6-4-13/h3-6,8-10,12,27H,7,11H2,1-2H3/t12-/m1/s1. The number of aliphatic hydroxyl groups excluding tert-OH is 1. The van der Waals surface area contributed by atoms with E-state index in [0.717, 1.165) is 16.8 Å². The molecule has 0 aliphatic carbocycles. The molecule has 27 heavy (non-hydrogen) atoms. The van der Waals surface area contributed by atoms with Gasteiger partial charge in [-0.2, -0.15) is 10.2 Å². The van der Waals surface area contributed by atoms with Crippen molar-refractivity contribution in [1.29, 1.82) is 0 Å². The van der Waals surface area contributed by atoms with Crippen LogP contribution in [0, 0.1) is 5.92 Å². The summed E-state index contributed by atoms with van der Waals surface area (Å²) >= 11 is 6.01. The largest absolute Gasteiger partial charge is 0.396 e. The van der Waals surface area contributed by atoms with Crippen LogP contribution in [0.3, 0.4) is 0 Å². The van der Waals surface area contributed by atoms with E-state index in [-0.39, 0.29) is 12.5 Å². The molecule has 0 radical (unpaired) electrons. The van der Waals surface area contributed by atoms with E-state index in [4.69, 9.17) is 16.6 Å². The Morgan fingerprint density at radius 2 is 1.89 bits per heavy atom. The zero-order valence-electron chi connectivity index (χ0n) is 15.0. The first-order chi connectivity index (χ1) is 13.0. The lowest BCUT2D eigenvalue weighted by molar-refractivity contribution is 0.235. The average molecular weight is 383 g/mol. The Morgan fingerprint density at radius 1 is 1.11 bits per heavy atom. The molecule has 0 saturated carbocycles. The van der Waals surface area contributed by atoms with Crippen molar-refractivity contribution in [3.05, 3.63) is 53.7 Å². The van der Waals surface area contributed by atoms with Crippen LogP contribution >= 0.6 is 11.6 Å². The third-order valence-electron chi connectivity index (χ3n) is 4.32. The highest BCUT2D eigenvalue weighted by Gasteiger charge is 2.16. The Bertz CT molecular complexity index is 1090. The van der Waals surface area contributed by atoms with Gasteiger partial charge in [0.25, 0.3) is 0 Å². The maximum atomic E-state index is 9.32. The molecular formula is C19H19ClN6O. The summed E-state index contributed by atoms with van der Waals surface area (Å²) in [5, 5.41) is 18.8. The van der Waals surface area contributed by atoms with E-state index in [1.807, 2.05) is 50.6 Å². The molecule has 4 rings (SSSR count). The number of aryl methyl sites for hydroxylation is 1. The zero-order valence-corrected chi connectivity index (χ0v) is 15.8. The lowest BCUT2D eigenvalue weighted by Crippen LogP contribution is -2.05. The quantitative estimate of drug-likeness (QED) is 0.573. The van der Waals surface area contributed by atoms with E-state index in [9.17, 15) is 5.11 Å². The van der Waals surface area contributed by atoms with E-state index >= 15 is 0 Å². The predicted molar refractivity (Wildman–Crippen MR) is 103 cm³/mol. The molecule has 138 valence electrons. The molecule has 0 unspecified atom stereocenters. The molecule has 0 bridgehead atoms. The molecule has 1 N–H and O–H groups in total. The van der Waals surface area contributed by atoms with Gasteiger partial charge in [0, 0.05) is 42.4 Å². The van der Waals surface area contributed by atoms with Crippen LogP contribution < -0.4 is 0 Å². The van der Waals surface area contributed by atoms with Crippen molar-refractivity contribution >= 4 is 17.2 Å². The minimum Gasteiger partial charge on any atom is -0.396 e. The van der Waals surface area contributed by atoms with Gasteiger partial charge < -0.3 is 5.11 Å². The molecule has 1 aromatic carbocycles. The summed E-state index contributed by atoms with van der Waals surface area (Å²) in [6.45, 7) is 2.06. The van der Waals surface area contributed by atoms with Gasteiger partial charge >= 0.3 is 0 Å². The van der Waals surface area contributed by atoms with Crippen LogP contribution in [0.4, 0.5) is 0 Å². The number of halogens is 1. The number of benzene rings is 1. The highest BCUT2D eigenvalue weighted by molar-refractivity contribution is 6.30. The van der Waals surface area contributed by atoms with Gasteiger partial charge in [-0.25, -0.2) is 14.5 Å². The molecule has 8 heteroatoms. The van der Waals surface area contributed by atoms with Gasteiger partial charge in [-0.15, -0.1) is 0 Å². The summed E-state index contributed by atoms with van der Waals surface area (Å²) in [6, 6.07) is 7.52. The van der Waals surface area contributed by atoms with Gasteiger partial charge in [0.1, 0.15) is 5.69 Å². The fraction of sp³-hybridized carbons (Fsp3) is 0.263. The van der Waals surface area contributed by atoms with Crippen LogP contribution in [-0.2, 0) is 13.5 Å². The lowest BCUT2D eigenvalue weighted by Gasteiger charge is -2.05. The van der Waals surface area contributed by atoms with Gasteiger partial charge in [0.05, 0.1) is 18.1 Å². The Balaban J connectivity index is 1.89. The van der Waals surface area contributed by atoms with Gasteiger partial charge in [-0.1, -0.05) is 30.7 Å². The molecule has 4 aromatic rings. The van der Waals surface area contributed by atoms with Crippen LogP contribution in [0.1, 0.15) is 12.7 Å². The average Bonchev–Trinajstić information content (AvgIpc) is 3.27. The highest BCUT2D eigenvalue weighted by Crippen LogP contribution is 2.27. The van der Waals surface area contributed by atoms with Crippen molar-refractivity contribution in [3.63, 3.8) is 0 Å². The first kappa shape index (κ1) is 17.6. The molecule has 3 heterocycles. The van der Waals surface area contributed by atoms with Crippen molar-refractivity contribution < 1.29 is 5.11 Å². The van der Waals surface area contributed by atoms with E-state index in [1.54, 1.807) is 15.4 Å². The van der Waals surface area contributed by atoms with E-state index < -0.39 is 0 Å². The number of hydrogen-bond acceptors (Lipinski definition) is 5. The second kappa shape index (κ2) is 7.09. The van der Waals surface area contributed by atoms with Crippen LogP contribution in [0.2, 0.25) is 5.02 Å². The molecule has 0 amide bonds. The number of hydrogen-bond donors (Lipinski definition) is 1. The zero-order chi connectivity index (χ0) is 19.0. The summed E-state index contributed by atoms with van der Waals surface area (Å²) < 4.78 is 3.48. The molecule has 0 spiro atoms. The molecule has 7 nitrogen and oxygen atoms in total. The molecule has 0 aliphatic heterocycles. The van der Waals surface area contributed by atoms with E-state index in [0.29, 0.717) is 28.6 Å². The third kappa shape index (κ3) is 3.56. The molecule has 0 fully saturated rings. The smallest absolute Gasteiger partial charge is 0.182 e. The van der Waals surface area contributed by atoms with Gasteiger partial charge in [-0.05, 0) is 18.1 Å². The molecule has 1 atom stereocenters. The maximum absolute atomic E-state index is 9.32. The van der Waals surface area contributed by atoms with Crippen molar-refractivity contribution in [2.45, 2.75) is 13.3 Å². The molecule has 3 aromatic heterocycles. The number of aliphatic hydroxyl groups is 1. The van der Waals surface area contributed by atoms with E-state index in [1.165, 1.54) is 0 Å². The minimum absolute atomic E-state index is 0.0907. The normalized spacial score (nSPS) is 12.6. The summed E-state index contributed by atoms with van der Waals surface area (Å²) in [5.41, 5.74) is 3.95. The highest BCUT2D eigenvalue weighted by atomic mass is 35.5. The fourth-order valence-corrected chi connectivity index (χ4v) is 3.02. The molecular weight excluding hydrogens is 364 g/mol. The summed E-state index contributed by atoms with van der Waals surface area (Å²) in [6.07, 6.45) is 6.12. The van der Waals surface area contributed by atoms with Crippen molar-refractivity contribution in [2.75, 3.05) is 6.61 Å². The van der Waals surface area contributed by atoms with Crippen LogP contribution in [0.25, 0.3) is 28.2 Å². The monoisotopic (exact) mass is 382 g/mol. The molecule has 0 aliphatic rings.